The maximum atomic E-state index is 13.4. The molecule has 1 aliphatic rings. The molecule has 40 heavy (non-hydrogen) atoms. The lowest BCUT2D eigenvalue weighted by Gasteiger charge is -2.26. The number of aromatic nitrogens is 3. The summed E-state index contributed by atoms with van der Waals surface area (Å²) in [6.45, 7) is 1.98. The Balaban J connectivity index is 1.35. The minimum Gasteiger partial charge on any atom is -0.488 e. The van der Waals surface area contributed by atoms with Crippen molar-refractivity contribution in [3.63, 3.8) is 0 Å². The molecule has 1 fully saturated rings. The van der Waals surface area contributed by atoms with Crippen molar-refractivity contribution >= 4 is 68.9 Å². The molecule has 2 N–H and O–H groups in total. The van der Waals surface area contributed by atoms with Crippen LogP contribution in [0, 0.1) is 5.82 Å². The summed E-state index contributed by atoms with van der Waals surface area (Å²) in [5.74, 6) is 1.43. The Kier molecular flexibility index (Phi) is 9.30. The zero-order chi connectivity index (χ0) is 27.9. The lowest BCUT2D eigenvalue weighted by molar-refractivity contribution is 0.306. The second-order valence-electron chi connectivity index (χ2n) is 9.04. The van der Waals surface area contributed by atoms with Gasteiger partial charge in [-0.15, -0.1) is 0 Å². The van der Waals surface area contributed by atoms with Crippen LogP contribution in [0.15, 0.2) is 70.2 Å². The quantitative estimate of drug-likeness (QED) is 0.142. The largest absolute Gasteiger partial charge is 0.488 e. The third kappa shape index (κ3) is 7.59. The van der Waals surface area contributed by atoms with Gasteiger partial charge in [-0.05, 0) is 73.9 Å². The van der Waals surface area contributed by atoms with Crippen molar-refractivity contribution in [2.24, 2.45) is 5.10 Å². The van der Waals surface area contributed by atoms with Gasteiger partial charge in [-0.25, -0.2) is 9.82 Å². The molecular formula is C28H25BrCl2FN7O. The Bertz CT molecular complexity index is 1500. The summed E-state index contributed by atoms with van der Waals surface area (Å²) < 4.78 is 20.3. The van der Waals surface area contributed by atoms with E-state index in [2.05, 4.69) is 51.6 Å². The monoisotopic (exact) mass is 643 g/mol. The predicted octanol–water partition coefficient (Wildman–Crippen LogP) is 7.84. The number of anilines is 4. The molecule has 0 radical (unpaired) electrons. The van der Waals surface area contributed by atoms with Gasteiger partial charge in [0.05, 0.1) is 6.21 Å². The van der Waals surface area contributed by atoms with E-state index in [0.717, 1.165) is 41.5 Å². The summed E-state index contributed by atoms with van der Waals surface area (Å²) in [5, 5.41) is 8.60. The van der Waals surface area contributed by atoms with E-state index < -0.39 is 0 Å². The molecule has 2 heterocycles. The molecule has 1 aliphatic heterocycles. The molecule has 0 atom stereocenters. The van der Waals surface area contributed by atoms with Crippen LogP contribution >= 0.6 is 39.1 Å². The summed E-state index contributed by atoms with van der Waals surface area (Å²) in [6.07, 6.45) is 4.94. The van der Waals surface area contributed by atoms with E-state index in [1.807, 2.05) is 24.3 Å². The number of hydrazone groups is 1. The summed E-state index contributed by atoms with van der Waals surface area (Å²) in [7, 11) is 0. The van der Waals surface area contributed by atoms with Gasteiger partial charge in [-0.1, -0.05) is 45.2 Å². The third-order valence-corrected chi connectivity index (χ3v) is 7.18. The molecule has 0 unspecified atom stereocenters. The van der Waals surface area contributed by atoms with Gasteiger partial charge in [0.15, 0.2) is 0 Å². The molecule has 0 saturated carbocycles. The SMILES string of the molecule is Fc1ccc(Nc2nc(N/N=C\c3cc(Br)ccc3OCc3ccc(Cl)cc3Cl)nc(N3CCCCC3)n2)cc1. The Morgan fingerprint density at radius 2 is 1.73 bits per heavy atom. The summed E-state index contributed by atoms with van der Waals surface area (Å²) in [6, 6.07) is 16.9. The molecule has 0 aliphatic carbocycles. The molecule has 206 valence electrons. The fourth-order valence-electron chi connectivity index (χ4n) is 4.07. The molecule has 0 spiro atoms. The normalized spacial score (nSPS) is 13.4. The second kappa shape index (κ2) is 13.3. The van der Waals surface area contributed by atoms with Gasteiger partial charge in [0, 0.05) is 44.4 Å². The Labute approximate surface area is 249 Å². The lowest BCUT2D eigenvalue weighted by atomic mass is 10.1. The van der Waals surface area contributed by atoms with Crippen molar-refractivity contribution in [1.29, 1.82) is 0 Å². The molecule has 5 rings (SSSR count). The van der Waals surface area contributed by atoms with Crippen LogP contribution in [-0.4, -0.2) is 34.3 Å². The van der Waals surface area contributed by atoms with Crippen LogP contribution in [0.3, 0.4) is 0 Å². The number of nitrogens with one attached hydrogen (secondary N) is 2. The topological polar surface area (TPSA) is 87.6 Å². The Hall–Kier alpha value is -3.47. The van der Waals surface area contributed by atoms with Crippen molar-refractivity contribution in [2.75, 3.05) is 28.7 Å². The van der Waals surface area contributed by atoms with Crippen molar-refractivity contribution in [3.8, 4) is 5.75 Å². The highest BCUT2D eigenvalue weighted by atomic mass is 79.9. The minimum absolute atomic E-state index is 0.261. The van der Waals surface area contributed by atoms with Crippen molar-refractivity contribution in [2.45, 2.75) is 25.9 Å². The first-order valence-corrected chi connectivity index (χ1v) is 14.2. The van der Waals surface area contributed by atoms with Crippen LogP contribution in [0.2, 0.25) is 10.0 Å². The first-order valence-electron chi connectivity index (χ1n) is 12.6. The first-order chi connectivity index (χ1) is 19.4. The highest BCUT2D eigenvalue weighted by molar-refractivity contribution is 9.10. The predicted molar refractivity (Wildman–Crippen MR) is 162 cm³/mol. The number of benzene rings is 3. The van der Waals surface area contributed by atoms with Crippen molar-refractivity contribution in [3.05, 3.63) is 92.1 Å². The Morgan fingerprint density at radius 3 is 2.50 bits per heavy atom. The minimum atomic E-state index is -0.320. The fourth-order valence-corrected chi connectivity index (χ4v) is 4.92. The van der Waals surface area contributed by atoms with Crippen molar-refractivity contribution in [1.82, 2.24) is 15.0 Å². The number of halogens is 4. The molecule has 8 nitrogen and oxygen atoms in total. The standard InChI is InChI=1S/C28H25BrCl2FN7O/c29-20-5-11-25(40-17-18-4-6-21(30)15-24(18)31)19(14-20)16-33-38-27-35-26(34-23-9-7-22(32)8-10-23)36-28(37-27)39-12-2-1-3-13-39/h4-11,14-16H,1-3,12-13,17H2,(H2,34,35,36,37,38)/b33-16-. The van der Waals surface area contributed by atoms with Crippen molar-refractivity contribution < 1.29 is 9.13 Å². The molecule has 0 bridgehead atoms. The fraction of sp³-hybridized carbons (Fsp3) is 0.214. The van der Waals surface area contributed by atoms with Crippen LogP contribution in [0.1, 0.15) is 30.4 Å². The van der Waals surface area contributed by atoms with Crippen LogP contribution in [0.5, 0.6) is 5.75 Å². The Morgan fingerprint density at radius 1 is 0.950 bits per heavy atom. The zero-order valence-corrected chi connectivity index (χ0v) is 24.3. The van der Waals surface area contributed by atoms with E-state index in [-0.39, 0.29) is 18.4 Å². The van der Waals surface area contributed by atoms with Gasteiger partial charge in [0.25, 0.3) is 0 Å². The van der Waals surface area contributed by atoms with Crippen LogP contribution < -0.4 is 20.4 Å². The number of hydrogen-bond acceptors (Lipinski definition) is 8. The third-order valence-electron chi connectivity index (χ3n) is 6.10. The van der Waals surface area contributed by atoms with Gasteiger partial charge in [0.1, 0.15) is 18.2 Å². The first kappa shape index (κ1) is 28.1. The van der Waals surface area contributed by atoms with Gasteiger partial charge in [0.2, 0.25) is 17.8 Å². The van der Waals surface area contributed by atoms with Gasteiger partial charge < -0.3 is 15.0 Å². The van der Waals surface area contributed by atoms with Gasteiger partial charge in [-0.3, -0.25) is 0 Å². The van der Waals surface area contributed by atoms with Crippen LogP contribution in [0.4, 0.5) is 27.9 Å². The van der Waals surface area contributed by atoms with E-state index in [0.29, 0.717) is 33.4 Å². The molecule has 1 aromatic heterocycles. The summed E-state index contributed by atoms with van der Waals surface area (Å²) >= 11 is 15.8. The van der Waals surface area contributed by atoms with E-state index in [1.54, 1.807) is 30.5 Å². The van der Waals surface area contributed by atoms with E-state index >= 15 is 0 Å². The number of nitrogens with zero attached hydrogens (tertiary/aromatic N) is 5. The smallest absolute Gasteiger partial charge is 0.250 e. The molecule has 0 amide bonds. The van der Waals surface area contributed by atoms with Gasteiger partial charge >= 0.3 is 0 Å². The highest BCUT2D eigenvalue weighted by Crippen LogP contribution is 2.26. The molecule has 4 aromatic rings. The van der Waals surface area contributed by atoms with Crippen LogP contribution in [0.25, 0.3) is 0 Å². The number of ether oxygens (including phenoxy) is 1. The molecule has 1 saturated heterocycles. The number of rotatable bonds is 9. The zero-order valence-electron chi connectivity index (χ0n) is 21.2. The number of hydrogen-bond donors (Lipinski definition) is 2. The number of piperidine rings is 1. The maximum absolute atomic E-state index is 13.4. The van der Waals surface area contributed by atoms with E-state index in [4.69, 9.17) is 27.9 Å². The second-order valence-corrected chi connectivity index (χ2v) is 10.8. The summed E-state index contributed by atoms with van der Waals surface area (Å²) in [5.41, 5.74) is 5.11. The van der Waals surface area contributed by atoms with Crippen LogP contribution in [-0.2, 0) is 6.61 Å². The maximum Gasteiger partial charge on any atom is 0.250 e. The average Bonchev–Trinajstić information content (AvgIpc) is 2.95. The summed E-state index contributed by atoms with van der Waals surface area (Å²) in [4.78, 5) is 15.8. The average molecular weight is 645 g/mol. The molecule has 3 aromatic carbocycles. The highest BCUT2D eigenvalue weighted by Gasteiger charge is 2.16. The van der Waals surface area contributed by atoms with E-state index in [9.17, 15) is 4.39 Å². The molecule has 12 heteroatoms. The van der Waals surface area contributed by atoms with Gasteiger partial charge in [-0.2, -0.15) is 20.1 Å². The lowest BCUT2D eigenvalue weighted by Crippen LogP contribution is -2.31. The van der Waals surface area contributed by atoms with E-state index in [1.165, 1.54) is 18.6 Å². The molecular weight excluding hydrogens is 620 g/mol.